The van der Waals surface area contributed by atoms with Gasteiger partial charge >= 0.3 is 0 Å². The van der Waals surface area contributed by atoms with Crippen LogP contribution in [0, 0.1) is 0 Å². The van der Waals surface area contributed by atoms with E-state index in [1.54, 1.807) is 6.26 Å². The van der Waals surface area contributed by atoms with Gasteiger partial charge in [-0.25, -0.2) is 0 Å². The highest BCUT2D eigenvalue weighted by Crippen LogP contribution is 2.25. The Morgan fingerprint density at radius 1 is 1.11 bits per heavy atom. The molecule has 1 aliphatic rings. The van der Waals surface area contributed by atoms with Gasteiger partial charge in [0.15, 0.2) is 0 Å². The third kappa shape index (κ3) is 3.18. The number of rotatable bonds is 6. The van der Waals surface area contributed by atoms with E-state index >= 15 is 0 Å². The minimum atomic E-state index is 0.834. The Morgan fingerprint density at radius 3 is 2.95 bits per heavy atom. The van der Waals surface area contributed by atoms with Gasteiger partial charge in [-0.1, -0.05) is 12.1 Å². The number of nitrogens with one attached hydrogen (secondary N) is 1. The minimum absolute atomic E-state index is 0.834. The molecule has 1 aromatic heterocycles. The average Bonchev–Trinajstić information content (AvgIpc) is 3.08. The van der Waals surface area contributed by atoms with E-state index in [4.69, 9.17) is 9.15 Å². The SMILES string of the molecule is c1coc(CCNCCc2ccc3c(c2)CCO3)c1. The summed E-state index contributed by atoms with van der Waals surface area (Å²) >= 11 is 0. The minimum Gasteiger partial charge on any atom is -0.493 e. The topological polar surface area (TPSA) is 34.4 Å². The van der Waals surface area contributed by atoms with Gasteiger partial charge in [0.05, 0.1) is 12.9 Å². The molecule has 0 radical (unpaired) electrons. The number of fused-ring (bicyclic) bond motifs is 1. The first-order valence-electron chi connectivity index (χ1n) is 6.89. The second-order valence-electron chi connectivity index (χ2n) is 4.87. The van der Waals surface area contributed by atoms with E-state index in [-0.39, 0.29) is 0 Å². The first-order valence-corrected chi connectivity index (χ1v) is 6.89. The van der Waals surface area contributed by atoms with Crippen molar-refractivity contribution in [1.29, 1.82) is 0 Å². The van der Waals surface area contributed by atoms with E-state index in [1.165, 1.54) is 11.1 Å². The molecule has 0 atom stereocenters. The number of hydrogen-bond acceptors (Lipinski definition) is 3. The monoisotopic (exact) mass is 257 g/mol. The highest BCUT2D eigenvalue weighted by molar-refractivity contribution is 5.39. The van der Waals surface area contributed by atoms with Crippen LogP contribution in [-0.2, 0) is 19.3 Å². The summed E-state index contributed by atoms with van der Waals surface area (Å²) in [7, 11) is 0. The molecule has 1 N–H and O–H groups in total. The van der Waals surface area contributed by atoms with Gasteiger partial charge in [-0.05, 0) is 42.3 Å². The Hall–Kier alpha value is -1.74. The van der Waals surface area contributed by atoms with Crippen molar-refractivity contribution in [3.63, 3.8) is 0 Å². The molecule has 0 spiro atoms. The van der Waals surface area contributed by atoms with Gasteiger partial charge in [0.25, 0.3) is 0 Å². The van der Waals surface area contributed by atoms with Gasteiger partial charge in [-0.2, -0.15) is 0 Å². The highest BCUT2D eigenvalue weighted by atomic mass is 16.5. The molecule has 0 unspecified atom stereocenters. The molecule has 0 saturated heterocycles. The number of ether oxygens (including phenoxy) is 1. The maximum atomic E-state index is 5.51. The van der Waals surface area contributed by atoms with Gasteiger partial charge in [0.2, 0.25) is 0 Å². The predicted molar refractivity (Wildman–Crippen MR) is 74.6 cm³/mol. The third-order valence-electron chi connectivity index (χ3n) is 3.47. The fourth-order valence-electron chi connectivity index (χ4n) is 2.42. The predicted octanol–water partition coefficient (Wildman–Crippen LogP) is 2.59. The quantitative estimate of drug-likeness (QED) is 0.808. The summed E-state index contributed by atoms with van der Waals surface area (Å²) < 4.78 is 10.8. The standard InChI is InChI=1S/C16H19NO2/c1-2-15(18-10-1)6-9-17-8-5-13-3-4-16-14(12-13)7-11-19-16/h1-4,10,12,17H,5-9,11H2. The Kier molecular flexibility index (Phi) is 3.84. The van der Waals surface area contributed by atoms with Gasteiger partial charge in [0.1, 0.15) is 11.5 Å². The van der Waals surface area contributed by atoms with Crippen molar-refractivity contribution in [3.05, 3.63) is 53.5 Å². The first kappa shape index (κ1) is 12.3. The third-order valence-corrected chi connectivity index (χ3v) is 3.47. The molecule has 0 amide bonds. The molecule has 100 valence electrons. The fourth-order valence-corrected chi connectivity index (χ4v) is 2.42. The lowest BCUT2D eigenvalue weighted by molar-refractivity contribution is 0.357. The van der Waals surface area contributed by atoms with E-state index in [0.717, 1.165) is 50.5 Å². The fraction of sp³-hybridized carbons (Fsp3) is 0.375. The lowest BCUT2D eigenvalue weighted by Gasteiger charge is -2.05. The van der Waals surface area contributed by atoms with Crippen LogP contribution in [0.2, 0.25) is 0 Å². The summed E-state index contributed by atoms with van der Waals surface area (Å²) in [5.41, 5.74) is 2.74. The molecule has 0 bridgehead atoms. The summed E-state index contributed by atoms with van der Waals surface area (Å²) in [4.78, 5) is 0. The molecule has 0 aliphatic carbocycles. The van der Waals surface area contributed by atoms with Crippen LogP contribution < -0.4 is 10.1 Å². The van der Waals surface area contributed by atoms with Crippen molar-refractivity contribution in [2.75, 3.05) is 19.7 Å². The second kappa shape index (κ2) is 5.93. The maximum Gasteiger partial charge on any atom is 0.122 e. The summed E-state index contributed by atoms with van der Waals surface area (Å²) in [6.07, 6.45) is 4.79. The van der Waals surface area contributed by atoms with Gasteiger partial charge in [-0.15, -0.1) is 0 Å². The number of benzene rings is 1. The molecular weight excluding hydrogens is 238 g/mol. The number of furan rings is 1. The zero-order valence-corrected chi connectivity index (χ0v) is 11.0. The summed E-state index contributed by atoms with van der Waals surface area (Å²) in [6.45, 7) is 2.79. The first-order chi connectivity index (χ1) is 9.42. The molecule has 2 heterocycles. The highest BCUT2D eigenvalue weighted by Gasteiger charge is 2.11. The largest absolute Gasteiger partial charge is 0.493 e. The zero-order valence-electron chi connectivity index (χ0n) is 11.0. The molecule has 1 aromatic carbocycles. The van der Waals surface area contributed by atoms with Crippen LogP contribution in [0.5, 0.6) is 5.75 Å². The summed E-state index contributed by atoms with van der Waals surface area (Å²) in [6, 6.07) is 10.5. The van der Waals surface area contributed by atoms with Crippen LogP contribution in [0.15, 0.2) is 41.0 Å². The van der Waals surface area contributed by atoms with E-state index in [9.17, 15) is 0 Å². The lowest BCUT2D eigenvalue weighted by Crippen LogP contribution is -2.20. The van der Waals surface area contributed by atoms with E-state index in [2.05, 4.69) is 23.5 Å². The number of hydrogen-bond donors (Lipinski definition) is 1. The van der Waals surface area contributed by atoms with Crippen molar-refractivity contribution >= 4 is 0 Å². The Bertz CT molecular complexity index is 520. The van der Waals surface area contributed by atoms with Gasteiger partial charge < -0.3 is 14.5 Å². The Labute approximate surface area is 113 Å². The zero-order chi connectivity index (χ0) is 12.9. The van der Waals surface area contributed by atoms with Crippen LogP contribution in [0.25, 0.3) is 0 Å². The van der Waals surface area contributed by atoms with Crippen molar-refractivity contribution in [2.24, 2.45) is 0 Å². The molecule has 0 fully saturated rings. The van der Waals surface area contributed by atoms with Crippen LogP contribution in [0.4, 0.5) is 0 Å². The summed E-state index contributed by atoms with van der Waals surface area (Å²) in [5.74, 6) is 2.11. The Balaban J connectivity index is 1.40. The van der Waals surface area contributed by atoms with E-state index in [0.29, 0.717) is 0 Å². The maximum absolute atomic E-state index is 5.51. The van der Waals surface area contributed by atoms with Gasteiger partial charge in [0, 0.05) is 19.4 Å². The smallest absolute Gasteiger partial charge is 0.122 e. The Morgan fingerprint density at radius 2 is 2.05 bits per heavy atom. The van der Waals surface area contributed by atoms with Crippen LogP contribution in [0.1, 0.15) is 16.9 Å². The van der Waals surface area contributed by atoms with E-state index in [1.807, 2.05) is 12.1 Å². The average molecular weight is 257 g/mol. The van der Waals surface area contributed by atoms with Crippen molar-refractivity contribution in [2.45, 2.75) is 19.3 Å². The molecular formula is C16H19NO2. The summed E-state index contributed by atoms with van der Waals surface area (Å²) in [5, 5.41) is 3.45. The van der Waals surface area contributed by atoms with Crippen molar-refractivity contribution < 1.29 is 9.15 Å². The second-order valence-corrected chi connectivity index (χ2v) is 4.87. The molecule has 0 saturated carbocycles. The van der Waals surface area contributed by atoms with Crippen LogP contribution in [0.3, 0.4) is 0 Å². The van der Waals surface area contributed by atoms with Crippen LogP contribution in [-0.4, -0.2) is 19.7 Å². The normalized spacial score (nSPS) is 13.3. The molecule has 19 heavy (non-hydrogen) atoms. The van der Waals surface area contributed by atoms with Gasteiger partial charge in [-0.3, -0.25) is 0 Å². The van der Waals surface area contributed by atoms with Crippen molar-refractivity contribution in [1.82, 2.24) is 5.32 Å². The molecule has 3 heteroatoms. The molecule has 1 aliphatic heterocycles. The molecule has 3 rings (SSSR count). The van der Waals surface area contributed by atoms with Crippen molar-refractivity contribution in [3.8, 4) is 5.75 Å². The lowest BCUT2D eigenvalue weighted by atomic mass is 10.1. The molecule has 3 nitrogen and oxygen atoms in total. The molecule has 2 aromatic rings. The van der Waals surface area contributed by atoms with Crippen LogP contribution >= 0.6 is 0 Å². The van der Waals surface area contributed by atoms with E-state index < -0.39 is 0 Å².